The Balaban J connectivity index is 1.27. The first kappa shape index (κ1) is 17.9. The van der Waals surface area contributed by atoms with Gasteiger partial charge in [0.1, 0.15) is 5.82 Å². The highest BCUT2D eigenvalue weighted by Gasteiger charge is 2.48. The number of aromatic nitrogens is 3. The van der Waals surface area contributed by atoms with Crippen molar-refractivity contribution in [1.82, 2.24) is 25.0 Å². The average Bonchev–Trinajstić information content (AvgIpc) is 3.45. The van der Waals surface area contributed by atoms with Crippen LogP contribution in [-0.2, 0) is 4.79 Å². The van der Waals surface area contributed by atoms with Crippen molar-refractivity contribution in [1.29, 1.82) is 0 Å². The zero-order valence-corrected chi connectivity index (χ0v) is 16.6. The van der Waals surface area contributed by atoms with Crippen LogP contribution in [0, 0.1) is 12.8 Å². The maximum absolute atomic E-state index is 13.4. The third-order valence-corrected chi connectivity index (χ3v) is 6.97. The molecule has 6 heteroatoms. The molecule has 5 rings (SSSR count). The minimum atomic E-state index is 0.148. The summed E-state index contributed by atoms with van der Waals surface area (Å²) in [4.78, 5) is 22.6. The second-order valence-corrected chi connectivity index (χ2v) is 8.59. The molecule has 0 saturated carbocycles. The van der Waals surface area contributed by atoms with Crippen LogP contribution in [0.5, 0.6) is 0 Å². The van der Waals surface area contributed by atoms with E-state index in [0.29, 0.717) is 23.9 Å². The molecule has 1 amide bonds. The van der Waals surface area contributed by atoms with Gasteiger partial charge in [0.05, 0.1) is 5.92 Å². The standard InChI is InChI=1S/C22H29N5O/c1-15-23-21(25-24-15)17-9-12-26(13-10-17)22(28)18-14-20(16-6-3-2-4-7-16)27-11-5-8-19(18)27/h2-4,6-7,17-20H,5,8-14H2,1H3,(H,23,24,25)/t18-,19+,20-/m1/s1. The number of carbonyl (C=O) groups is 1. The molecule has 3 atom stereocenters. The van der Waals surface area contributed by atoms with E-state index in [2.05, 4.69) is 55.3 Å². The predicted octanol–water partition coefficient (Wildman–Crippen LogP) is 3.04. The van der Waals surface area contributed by atoms with Crippen LogP contribution < -0.4 is 0 Å². The van der Waals surface area contributed by atoms with E-state index in [1.807, 2.05) is 6.92 Å². The van der Waals surface area contributed by atoms with Gasteiger partial charge in [-0.25, -0.2) is 4.98 Å². The molecule has 0 radical (unpaired) electrons. The SMILES string of the molecule is Cc1nc(C2CCN(C(=O)[C@@H]3C[C@H](c4ccccc4)N4CCC[C@@H]34)CC2)n[nH]1. The maximum atomic E-state index is 13.4. The molecule has 1 N–H and O–H groups in total. The van der Waals surface area contributed by atoms with E-state index >= 15 is 0 Å². The summed E-state index contributed by atoms with van der Waals surface area (Å²) < 4.78 is 0. The Morgan fingerprint density at radius 3 is 2.61 bits per heavy atom. The fourth-order valence-corrected chi connectivity index (χ4v) is 5.57. The number of carbonyl (C=O) groups excluding carboxylic acids is 1. The van der Waals surface area contributed by atoms with Crippen LogP contribution in [0.25, 0.3) is 0 Å². The normalized spacial score (nSPS) is 28.6. The third-order valence-electron chi connectivity index (χ3n) is 6.97. The Bertz CT molecular complexity index is 826. The van der Waals surface area contributed by atoms with Crippen LogP contribution in [0.4, 0.5) is 0 Å². The summed E-state index contributed by atoms with van der Waals surface area (Å²) in [6, 6.07) is 11.6. The summed E-state index contributed by atoms with van der Waals surface area (Å²) in [6.07, 6.45) is 5.27. The molecule has 0 bridgehead atoms. The van der Waals surface area contributed by atoms with E-state index in [1.165, 1.54) is 12.0 Å². The molecule has 0 unspecified atom stereocenters. The molecular formula is C22H29N5O. The average molecular weight is 380 g/mol. The lowest BCUT2D eigenvalue weighted by atomic mass is 9.90. The number of piperidine rings is 1. The maximum Gasteiger partial charge on any atom is 0.227 e. The molecule has 1 aromatic carbocycles. The molecule has 0 spiro atoms. The first-order chi connectivity index (χ1) is 13.7. The first-order valence-electron chi connectivity index (χ1n) is 10.7. The molecule has 3 saturated heterocycles. The number of nitrogens with one attached hydrogen (secondary N) is 1. The molecule has 3 fully saturated rings. The minimum absolute atomic E-state index is 0.148. The molecule has 2 aromatic rings. The van der Waals surface area contributed by atoms with E-state index < -0.39 is 0 Å². The molecule has 6 nitrogen and oxygen atoms in total. The smallest absolute Gasteiger partial charge is 0.227 e. The zero-order chi connectivity index (χ0) is 19.1. The largest absolute Gasteiger partial charge is 0.342 e. The number of aromatic amines is 1. The molecule has 3 aliphatic rings. The molecule has 4 heterocycles. The summed E-state index contributed by atoms with van der Waals surface area (Å²) in [5.74, 6) is 2.68. The number of nitrogens with zero attached hydrogens (tertiary/aromatic N) is 4. The molecule has 1 aromatic heterocycles. The van der Waals surface area contributed by atoms with Crippen molar-refractivity contribution in [2.75, 3.05) is 19.6 Å². The Kier molecular flexibility index (Phi) is 4.67. The number of rotatable bonds is 3. The predicted molar refractivity (Wildman–Crippen MR) is 107 cm³/mol. The number of aryl methyl sites for hydroxylation is 1. The van der Waals surface area contributed by atoms with Crippen molar-refractivity contribution in [3.05, 3.63) is 47.5 Å². The summed E-state index contributed by atoms with van der Waals surface area (Å²) >= 11 is 0. The van der Waals surface area contributed by atoms with Crippen LogP contribution in [0.3, 0.4) is 0 Å². The number of hydrogen-bond acceptors (Lipinski definition) is 4. The fraction of sp³-hybridized carbons (Fsp3) is 0.591. The number of fused-ring (bicyclic) bond motifs is 1. The van der Waals surface area contributed by atoms with Crippen LogP contribution in [0.2, 0.25) is 0 Å². The Morgan fingerprint density at radius 1 is 1.11 bits per heavy atom. The summed E-state index contributed by atoms with van der Waals surface area (Å²) in [5, 5.41) is 7.27. The Hall–Kier alpha value is -2.21. The second-order valence-electron chi connectivity index (χ2n) is 8.59. The lowest BCUT2D eigenvalue weighted by Gasteiger charge is -2.33. The number of likely N-dealkylation sites (tertiary alicyclic amines) is 1. The van der Waals surface area contributed by atoms with Crippen molar-refractivity contribution in [2.24, 2.45) is 5.92 Å². The van der Waals surface area contributed by atoms with Crippen molar-refractivity contribution in [2.45, 2.75) is 57.0 Å². The van der Waals surface area contributed by atoms with Crippen LogP contribution in [-0.4, -0.2) is 56.6 Å². The highest BCUT2D eigenvalue weighted by molar-refractivity contribution is 5.80. The quantitative estimate of drug-likeness (QED) is 0.890. The lowest BCUT2D eigenvalue weighted by molar-refractivity contribution is -0.137. The van der Waals surface area contributed by atoms with E-state index in [4.69, 9.17) is 0 Å². The topological polar surface area (TPSA) is 65.1 Å². The number of hydrogen-bond donors (Lipinski definition) is 1. The monoisotopic (exact) mass is 379 g/mol. The van der Waals surface area contributed by atoms with E-state index in [0.717, 1.165) is 57.0 Å². The molecule has 0 aliphatic carbocycles. The van der Waals surface area contributed by atoms with Crippen LogP contribution >= 0.6 is 0 Å². The van der Waals surface area contributed by atoms with Gasteiger partial charge < -0.3 is 4.90 Å². The van der Waals surface area contributed by atoms with Crippen LogP contribution in [0.15, 0.2) is 30.3 Å². The summed E-state index contributed by atoms with van der Waals surface area (Å²) in [6.45, 7) is 4.72. The van der Waals surface area contributed by atoms with Gasteiger partial charge in [-0.1, -0.05) is 30.3 Å². The highest BCUT2D eigenvalue weighted by atomic mass is 16.2. The Morgan fingerprint density at radius 2 is 1.89 bits per heavy atom. The van der Waals surface area contributed by atoms with Gasteiger partial charge >= 0.3 is 0 Å². The van der Waals surface area contributed by atoms with Crippen molar-refractivity contribution >= 4 is 5.91 Å². The van der Waals surface area contributed by atoms with E-state index in [-0.39, 0.29) is 5.92 Å². The highest BCUT2D eigenvalue weighted by Crippen LogP contribution is 2.45. The van der Waals surface area contributed by atoms with E-state index in [1.54, 1.807) is 0 Å². The lowest BCUT2D eigenvalue weighted by Crippen LogP contribution is -2.44. The molecule has 28 heavy (non-hydrogen) atoms. The van der Waals surface area contributed by atoms with Crippen molar-refractivity contribution in [3.8, 4) is 0 Å². The second kappa shape index (κ2) is 7.32. The van der Waals surface area contributed by atoms with Gasteiger partial charge in [-0.05, 0) is 51.1 Å². The van der Waals surface area contributed by atoms with Crippen LogP contribution in [0.1, 0.15) is 61.3 Å². The number of benzene rings is 1. The van der Waals surface area contributed by atoms with Gasteiger partial charge in [0.2, 0.25) is 5.91 Å². The zero-order valence-electron chi connectivity index (χ0n) is 16.6. The van der Waals surface area contributed by atoms with Gasteiger partial charge in [-0.15, -0.1) is 0 Å². The summed E-state index contributed by atoms with van der Waals surface area (Å²) in [7, 11) is 0. The molecule has 3 aliphatic heterocycles. The molecular weight excluding hydrogens is 350 g/mol. The summed E-state index contributed by atoms with van der Waals surface area (Å²) in [5.41, 5.74) is 1.36. The Labute approximate surface area is 166 Å². The number of H-pyrrole nitrogens is 1. The van der Waals surface area contributed by atoms with Gasteiger partial charge in [-0.3, -0.25) is 14.8 Å². The van der Waals surface area contributed by atoms with E-state index in [9.17, 15) is 4.79 Å². The minimum Gasteiger partial charge on any atom is -0.342 e. The number of amides is 1. The van der Waals surface area contributed by atoms with Gasteiger partial charge in [0, 0.05) is 31.1 Å². The molecule has 148 valence electrons. The van der Waals surface area contributed by atoms with Gasteiger partial charge in [0.15, 0.2) is 5.82 Å². The third kappa shape index (κ3) is 3.13. The first-order valence-corrected chi connectivity index (χ1v) is 10.7. The van der Waals surface area contributed by atoms with Gasteiger partial charge in [0.25, 0.3) is 0 Å². The van der Waals surface area contributed by atoms with Gasteiger partial charge in [-0.2, -0.15) is 5.10 Å². The van der Waals surface area contributed by atoms with Crippen molar-refractivity contribution < 1.29 is 4.79 Å². The van der Waals surface area contributed by atoms with Crippen molar-refractivity contribution in [3.63, 3.8) is 0 Å². The fourth-order valence-electron chi connectivity index (χ4n) is 5.57.